The highest BCUT2D eigenvalue weighted by molar-refractivity contribution is 7.19. The maximum Gasteiger partial charge on any atom is 0.321 e. The minimum atomic E-state index is -0.981. The number of nitrogens with zero attached hydrogens (tertiary/aromatic N) is 4. The third-order valence-electron chi connectivity index (χ3n) is 7.24. The number of fused-ring (bicyclic) bond motifs is 3. The van der Waals surface area contributed by atoms with E-state index in [1.54, 1.807) is 4.90 Å². The molecule has 3 heterocycles. The van der Waals surface area contributed by atoms with Crippen molar-refractivity contribution in [2.45, 2.75) is 52.4 Å². The number of carbonyl (C=O) groups excluding carboxylic acids is 1. The minimum Gasteiger partial charge on any atom is -0.352 e. The van der Waals surface area contributed by atoms with E-state index in [4.69, 9.17) is 9.97 Å². The normalized spacial score (nSPS) is 19.1. The average Bonchev–Trinajstić information content (AvgIpc) is 3.22. The van der Waals surface area contributed by atoms with Crippen molar-refractivity contribution in [2.75, 3.05) is 36.4 Å². The number of urea groups is 1. The number of amides is 2. The predicted molar refractivity (Wildman–Crippen MR) is 136 cm³/mol. The van der Waals surface area contributed by atoms with Gasteiger partial charge in [0.05, 0.1) is 5.39 Å². The summed E-state index contributed by atoms with van der Waals surface area (Å²) in [5.74, 6) is 0.941. The summed E-state index contributed by atoms with van der Waals surface area (Å²) in [6.45, 7) is 8.97. The summed E-state index contributed by atoms with van der Waals surface area (Å²) in [5.41, 5.74) is 1.65. The third kappa shape index (κ3) is 4.70. The van der Waals surface area contributed by atoms with Gasteiger partial charge in [0.15, 0.2) is 11.6 Å². The highest BCUT2D eigenvalue weighted by atomic mass is 32.1. The fourth-order valence-electron chi connectivity index (χ4n) is 4.87. The van der Waals surface area contributed by atoms with E-state index in [-0.39, 0.29) is 17.6 Å². The highest BCUT2D eigenvalue weighted by Crippen LogP contribution is 2.42. The third-order valence-corrected chi connectivity index (χ3v) is 8.39. The van der Waals surface area contributed by atoms with Crippen molar-refractivity contribution in [3.05, 3.63) is 46.1 Å². The van der Waals surface area contributed by atoms with Crippen LogP contribution in [0.15, 0.2) is 18.2 Å². The fraction of sp³-hybridized carbons (Fsp3) is 0.500. The summed E-state index contributed by atoms with van der Waals surface area (Å²) in [7, 11) is 0. The van der Waals surface area contributed by atoms with Gasteiger partial charge in [-0.05, 0) is 49.3 Å². The molecular formula is C26H31F2N5OS. The molecule has 35 heavy (non-hydrogen) atoms. The van der Waals surface area contributed by atoms with Crippen LogP contribution in [-0.2, 0) is 12.8 Å². The minimum absolute atomic E-state index is 0.242. The van der Waals surface area contributed by atoms with E-state index >= 15 is 0 Å². The SMILES string of the molecule is CC[C@@H](C)c1nc(N2CCN(C(=O)Nc3ccc(F)c(F)c3)CC2)c2c3c(sc2n1)C[C@H](C)CC3. The molecule has 5 rings (SSSR count). The lowest BCUT2D eigenvalue weighted by Gasteiger charge is -2.36. The number of piperazine rings is 1. The lowest BCUT2D eigenvalue weighted by atomic mass is 9.89. The molecule has 1 N–H and O–H groups in total. The zero-order valence-corrected chi connectivity index (χ0v) is 21.2. The van der Waals surface area contributed by atoms with E-state index in [9.17, 15) is 13.6 Å². The summed E-state index contributed by atoms with van der Waals surface area (Å²) < 4.78 is 26.7. The quantitative estimate of drug-likeness (QED) is 0.481. The second-order valence-corrected chi connectivity index (χ2v) is 10.9. The molecule has 6 nitrogen and oxygen atoms in total. The van der Waals surface area contributed by atoms with Crippen molar-refractivity contribution in [2.24, 2.45) is 5.92 Å². The lowest BCUT2D eigenvalue weighted by Crippen LogP contribution is -2.50. The molecule has 1 fully saturated rings. The molecule has 2 aromatic heterocycles. The first-order valence-electron chi connectivity index (χ1n) is 12.4. The number of aromatic nitrogens is 2. The molecule has 1 saturated heterocycles. The van der Waals surface area contributed by atoms with Gasteiger partial charge in [0, 0.05) is 48.7 Å². The molecule has 2 amide bonds. The number of anilines is 2. The molecule has 0 spiro atoms. The lowest BCUT2D eigenvalue weighted by molar-refractivity contribution is 0.208. The first-order chi connectivity index (χ1) is 16.8. The Bertz CT molecular complexity index is 1250. The zero-order valence-electron chi connectivity index (χ0n) is 20.4. The summed E-state index contributed by atoms with van der Waals surface area (Å²) in [4.78, 5) is 29.3. The van der Waals surface area contributed by atoms with Gasteiger partial charge in [0.2, 0.25) is 0 Å². The number of halogens is 2. The van der Waals surface area contributed by atoms with Crippen molar-refractivity contribution in [1.82, 2.24) is 14.9 Å². The van der Waals surface area contributed by atoms with Crippen LogP contribution in [0.4, 0.5) is 25.1 Å². The number of aryl methyl sites for hydroxylation is 1. The Balaban J connectivity index is 1.38. The van der Waals surface area contributed by atoms with Crippen molar-refractivity contribution in [3.63, 3.8) is 0 Å². The van der Waals surface area contributed by atoms with Gasteiger partial charge < -0.3 is 15.1 Å². The van der Waals surface area contributed by atoms with E-state index in [2.05, 4.69) is 31.0 Å². The molecule has 1 aromatic carbocycles. The van der Waals surface area contributed by atoms with Crippen LogP contribution in [0.3, 0.4) is 0 Å². The van der Waals surface area contributed by atoms with Crippen molar-refractivity contribution >= 4 is 39.1 Å². The zero-order chi connectivity index (χ0) is 24.7. The summed E-state index contributed by atoms with van der Waals surface area (Å²) in [6.07, 6.45) is 4.33. The Morgan fingerprint density at radius 1 is 1.20 bits per heavy atom. The van der Waals surface area contributed by atoms with Gasteiger partial charge in [-0.3, -0.25) is 0 Å². The maximum atomic E-state index is 13.5. The summed E-state index contributed by atoms with van der Waals surface area (Å²) in [6, 6.07) is 3.06. The van der Waals surface area contributed by atoms with Crippen LogP contribution < -0.4 is 10.2 Å². The van der Waals surface area contributed by atoms with Gasteiger partial charge in [-0.1, -0.05) is 20.8 Å². The molecule has 9 heteroatoms. The predicted octanol–water partition coefficient (Wildman–Crippen LogP) is 5.96. The van der Waals surface area contributed by atoms with Gasteiger partial charge in [-0.15, -0.1) is 11.3 Å². The first kappa shape index (κ1) is 23.9. The Morgan fingerprint density at radius 2 is 1.97 bits per heavy atom. The van der Waals surface area contributed by atoms with E-state index in [0.29, 0.717) is 32.1 Å². The van der Waals surface area contributed by atoms with Gasteiger partial charge in [0.25, 0.3) is 0 Å². The maximum absolute atomic E-state index is 13.5. The van der Waals surface area contributed by atoms with E-state index < -0.39 is 11.6 Å². The molecule has 0 unspecified atom stereocenters. The molecule has 0 saturated carbocycles. The van der Waals surface area contributed by atoms with Crippen LogP contribution in [-0.4, -0.2) is 47.1 Å². The van der Waals surface area contributed by atoms with Crippen LogP contribution in [0.5, 0.6) is 0 Å². The topological polar surface area (TPSA) is 61.4 Å². The summed E-state index contributed by atoms with van der Waals surface area (Å²) in [5, 5.41) is 3.87. The number of hydrogen-bond donors (Lipinski definition) is 1. The van der Waals surface area contributed by atoms with Crippen LogP contribution in [0.2, 0.25) is 0 Å². The molecule has 186 valence electrons. The fourth-order valence-corrected chi connectivity index (χ4v) is 6.25. The van der Waals surface area contributed by atoms with Gasteiger partial charge >= 0.3 is 6.03 Å². The number of nitrogens with one attached hydrogen (secondary N) is 1. The molecule has 2 aliphatic rings. The van der Waals surface area contributed by atoms with Gasteiger partial charge in [0.1, 0.15) is 16.5 Å². The Morgan fingerprint density at radius 3 is 2.69 bits per heavy atom. The molecule has 0 bridgehead atoms. The molecule has 0 radical (unpaired) electrons. The number of thiophene rings is 1. The average molecular weight is 500 g/mol. The Labute approximate surface area is 208 Å². The van der Waals surface area contributed by atoms with Crippen LogP contribution in [0, 0.1) is 17.6 Å². The number of benzene rings is 1. The van der Waals surface area contributed by atoms with Crippen LogP contribution in [0.1, 0.15) is 55.8 Å². The smallest absolute Gasteiger partial charge is 0.321 e. The van der Waals surface area contributed by atoms with E-state index in [1.807, 2.05) is 11.3 Å². The second kappa shape index (κ2) is 9.68. The van der Waals surface area contributed by atoms with Gasteiger partial charge in [-0.2, -0.15) is 0 Å². The highest BCUT2D eigenvalue weighted by Gasteiger charge is 2.29. The number of rotatable bonds is 4. The van der Waals surface area contributed by atoms with Crippen LogP contribution >= 0.6 is 11.3 Å². The standard InChI is InChI=1S/C26H31F2N5OS/c1-4-16(3)23-30-24(22-18-7-5-15(2)13-21(18)35-25(22)31-23)32-9-11-33(12-10-32)26(34)29-17-6-8-19(27)20(28)14-17/h6,8,14-16H,4-5,7,9-13H2,1-3H3,(H,29,34)/t15-,16-/m1/s1. The molecule has 3 aromatic rings. The van der Waals surface area contributed by atoms with Crippen molar-refractivity contribution in [1.29, 1.82) is 0 Å². The molecule has 1 aliphatic heterocycles. The molecule has 2 atom stereocenters. The first-order valence-corrected chi connectivity index (χ1v) is 13.2. The van der Waals surface area contributed by atoms with Gasteiger partial charge in [-0.25, -0.2) is 23.5 Å². The monoisotopic (exact) mass is 499 g/mol. The Hall–Kier alpha value is -2.81. The van der Waals surface area contributed by atoms with Crippen molar-refractivity contribution < 1.29 is 13.6 Å². The van der Waals surface area contributed by atoms with E-state index in [0.717, 1.165) is 47.9 Å². The van der Waals surface area contributed by atoms with Crippen molar-refractivity contribution in [3.8, 4) is 0 Å². The van der Waals surface area contributed by atoms with Crippen LogP contribution in [0.25, 0.3) is 10.2 Å². The molecule has 1 aliphatic carbocycles. The summed E-state index contributed by atoms with van der Waals surface area (Å²) >= 11 is 1.82. The second-order valence-electron chi connectivity index (χ2n) is 9.78. The largest absolute Gasteiger partial charge is 0.352 e. The molecular weight excluding hydrogens is 468 g/mol. The van der Waals surface area contributed by atoms with E-state index in [1.165, 1.54) is 28.3 Å². The number of carbonyl (C=O) groups is 1. The Kier molecular flexibility index (Phi) is 6.61. The number of hydrogen-bond acceptors (Lipinski definition) is 5.